The number of halogens is 2. The number of nitrogens with zero attached hydrogens (tertiary/aromatic N) is 4. The van der Waals surface area contributed by atoms with Crippen molar-refractivity contribution in [1.29, 1.82) is 0 Å². The fourth-order valence-electron chi connectivity index (χ4n) is 5.45. The minimum Gasteiger partial charge on any atom is -0.378 e. The van der Waals surface area contributed by atoms with Gasteiger partial charge in [0.05, 0.1) is 48.0 Å². The van der Waals surface area contributed by atoms with E-state index in [0.717, 1.165) is 48.3 Å². The first-order chi connectivity index (χ1) is 16.3. The highest BCUT2D eigenvalue weighted by atomic mass is 19.1. The lowest BCUT2D eigenvalue weighted by atomic mass is 9.84. The lowest BCUT2D eigenvalue weighted by Crippen LogP contribution is -2.54. The third-order valence-electron chi connectivity index (χ3n) is 7.02. The number of nitrogens with one attached hydrogen (secondary N) is 2. The fraction of sp³-hybridized carbons (Fsp3) is 0.538. The van der Waals surface area contributed by atoms with Gasteiger partial charge in [-0.15, -0.1) is 0 Å². The molecule has 0 bridgehead atoms. The summed E-state index contributed by atoms with van der Waals surface area (Å²) in [7, 11) is 0. The van der Waals surface area contributed by atoms with Crippen LogP contribution in [0.2, 0.25) is 0 Å². The monoisotopic (exact) mass is 468 g/mol. The summed E-state index contributed by atoms with van der Waals surface area (Å²) in [4.78, 5) is 9.36. The molecule has 8 heteroatoms. The number of anilines is 1. The lowest BCUT2D eigenvalue weighted by molar-refractivity contribution is 0.0667. The van der Waals surface area contributed by atoms with Gasteiger partial charge in [-0.3, -0.25) is 24.3 Å². The van der Waals surface area contributed by atoms with Crippen molar-refractivity contribution in [3.05, 3.63) is 53.5 Å². The number of benzene rings is 1. The van der Waals surface area contributed by atoms with Gasteiger partial charge in [0.1, 0.15) is 5.67 Å². The van der Waals surface area contributed by atoms with E-state index in [1.807, 2.05) is 12.4 Å². The first-order valence-electron chi connectivity index (χ1n) is 12.2. The smallest absolute Gasteiger partial charge is 0.118 e. The maximum absolute atomic E-state index is 14.9. The second kappa shape index (κ2) is 9.23. The van der Waals surface area contributed by atoms with Crippen molar-refractivity contribution in [2.75, 3.05) is 38.2 Å². The molecule has 34 heavy (non-hydrogen) atoms. The Morgan fingerprint density at radius 2 is 2.00 bits per heavy atom. The van der Waals surface area contributed by atoms with Crippen molar-refractivity contribution in [2.24, 2.45) is 0 Å². The summed E-state index contributed by atoms with van der Waals surface area (Å²) >= 11 is 0. The van der Waals surface area contributed by atoms with E-state index in [-0.39, 0.29) is 18.8 Å². The summed E-state index contributed by atoms with van der Waals surface area (Å²) in [5.74, 6) is 0. The molecule has 6 nitrogen and oxygen atoms in total. The number of pyridine rings is 1. The number of aromatic nitrogens is 3. The largest absolute Gasteiger partial charge is 0.378 e. The van der Waals surface area contributed by atoms with Gasteiger partial charge in [-0.2, -0.15) is 5.10 Å². The zero-order valence-corrected chi connectivity index (χ0v) is 20.2. The predicted octanol–water partition coefficient (Wildman–Crippen LogP) is 4.50. The molecule has 0 aliphatic carbocycles. The van der Waals surface area contributed by atoms with Crippen molar-refractivity contribution in [3.8, 4) is 0 Å². The predicted molar refractivity (Wildman–Crippen MR) is 132 cm³/mol. The Hall–Kier alpha value is -2.58. The molecule has 2 atom stereocenters. The Bertz CT molecular complexity index is 1120. The van der Waals surface area contributed by atoms with E-state index < -0.39 is 5.67 Å². The Morgan fingerprint density at radius 3 is 2.71 bits per heavy atom. The van der Waals surface area contributed by atoms with Crippen molar-refractivity contribution >= 4 is 16.6 Å². The topological polar surface area (TPSA) is 60.1 Å². The van der Waals surface area contributed by atoms with Crippen LogP contribution >= 0.6 is 0 Å². The van der Waals surface area contributed by atoms with Crippen LogP contribution in [0.3, 0.4) is 0 Å². The molecule has 1 saturated heterocycles. The summed E-state index contributed by atoms with van der Waals surface area (Å²) in [5.41, 5.74) is 4.05. The standard InChI is InChI=1S/C26H34F2N6/c1-17-11-21-20(6-8-23-22(21)13-30-32-23)25(34(17)16-26(2,3)28)24-7-5-18(12-29-24)31-19-14-33(15-19)10-4-9-27/h5-8,12-13,17,19,25,31H,4,9-11,14-16H2,1-3H3,(H,30,32)/t17-,25?/m1/s1. The van der Waals surface area contributed by atoms with Crippen LogP contribution in [0.5, 0.6) is 0 Å². The van der Waals surface area contributed by atoms with Gasteiger partial charge in [0.25, 0.3) is 0 Å². The number of hydrogen-bond donors (Lipinski definition) is 2. The average Bonchev–Trinajstić information content (AvgIpc) is 3.25. The van der Waals surface area contributed by atoms with Crippen LogP contribution in [0.25, 0.3) is 10.9 Å². The Labute approximate surface area is 199 Å². The molecular weight excluding hydrogens is 434 g/mol. The van der Waals surface area contributed by atoms with Gasteiger partial charge in [0.2, 0.25) is 0 Å². The molecule has 5 rings (SSSR count). The van der Waals surface area contributed by atoms with Crippen LogP contribution in [0.4, 0.5) is 14.5 Å². The molecule has 2 aromatic heterocycles. The number of H-pyrrole nitrogens is 1. The van der Waals surface area contributed by atoms with Gasteiger partial charge in [-0.05, 0) is 62.9 Å². The van der Waals surface area contributed by atoms with Crippen molar-refractivity contribution in [2.45, 2.75) is 57.4 Å². The van der Waals surface area contributed by atoms with Gasteiger partial charge in [0, 0.05) is 37.6 Å². The van der Waals surface area contributed by atoms with E-state index in [4.69, 9.17) is 4.98 Å². The Balaban J connectivity index is 1.40. The van der Waals surface area contributed by atoms with Gasteiger partial charge in [-0.25, -0.2) is 4.39 Å². The second-order valence-corrected chi connectivity index (χ2v) is 10.4. The first kappa shape index (κ1) is 23.2. The molecule has 182 valence electrons. The highest BCUT2D eigenvalue weighted by Crippen LogP contribution is 2.41. The van der Waals surface area contributed by atoms with Crippen LogP contribution in [0.15, 0.2) is 36.7 Å². The molecular formula is C26H34F2N6. The summed E-state index contributed by atoms with van der Waals surface area (Å²) in [5, 5.41) is 12.0. The SMILES string of the molecule is C[C@@H]1Cc2c(ccc3[nH]ncc23)C(c2ccc(NC3CN(CCCF)C3)cn2)N1CC(C)(C)F. The van der Waals surface area contributed by atoms with Gasteiger partial charge in [0.15, 0.2) is 0 Å². The summed E-state index contributed by atoms with van der Waals surface area (Å²) in [6, 6.07) is 8.73. The molecule has 0 spiro atoms. The molecule has 2 aliphatic heterocycles. The zero-order chi connectivity index (χ0) is 23.9. The van der Waals surface area contributed by atoms with E-state index in [9.17, 15) is 8.78 Å². The molecule has 3 aromatic rings. The molecule has 0 radical (unpaired) electrons. The van der Waals surface area contributed by atoms with Crippen molar-refractivity contribution < 1.29 is 8.78 Å². The summed E-state index contributed by atoms with van der Waals surface area (Å²) < 4.78 is 27.2. The van der Waals surface area contributed by atoms with E-state index in [0.29, 0.717) is 19.0 Å². The molecule has 1 unspecified atom stereocenters. The summed E-state index contributed by atoms with van der Waals surface area (Å²) in [6.07, 6.45) is 5.22. The number of rotatable bonds is 8. The molecule has 0 saturated carbocycles. The minimum atomic E-state index is -1.32. The molecule has 1 fully saturated rings. The van der Waals surface area contributed by atoms with Crippen LogP contribution in [0, 0.1) is 0 Å². The highest BCUT2D eigenvalue weighted by molar-refractivity contribution is 5.83. The zero-order valence-electron chi connectivity index (χ0n) is 20.2. The average molecular weight is 469 g/mol. The number of hydrogen-bond acceptors (Lipinski definition) is 5. The minimum absolute atomic E-state index is 0.123. The third kappa shape index (κ3) is 4.66. The van der Waals surface area contributed by atoms with Crippen molar-refractivity contribution in [3.63, 3.8) is 0 Å². The van der Waals surface area contributed by atoms with Gasteiger partial charge in [-0.1, -0.05) is 6.07 Å². The van der Waals surface area contributed by atoms with Crippen LogP contribution in [-0.2, 0) is 6.42 Å². The Kier molecular flexibility index (Phi) is 6.29. The maximum Gasteiger partial charge on any atom is 0.118 e. The second-order valence-electron chi connectivity index (χ2n) is 10.4. The highest BCUT2D eigenvalue weighted by Gasteiger charge is 2.38. The summed E-state index contributed by atoms with van der Waals surface area (Å²) in [6.45, 7) is 8.19. The molecule has 0 amide bonds. The van der Waals surface area contributed by atoms with E-state index in [1.54, 1.807) is 13.8 Å². The number of aromatic amines is 1. The fourth-order valence-corrected chi connectivity index (χ4v) is 5.45. The van der Waals surface area contributed by atoms with Gasteiger partial charge < -0.3 is 5.32 Å². The first-order valence-corrected chi connectivity index (χ1v) is 12.2. The number of alkyl halides is 2. The number of likely N-dealkylation sites (tertiary alicyclic amines) is 1. The molecule has 4 heterocycles. The lowest BCUT2D eigenvalue weighted by Gasteiger charge is -2.43. The van der Waals surface area contributed by atoms with Crippen LogP contribution in [-0.4, -0.2) is 75.6 Å². The van der Waals surface area contributed by atoms with E-state index >= 15 is 0 Å². The molecule has 2 aliphatic rings. The van der Waals surface area contributed by atoms with Crippen molar-refractivity contribution in [1.82, 2.24) is 25.0 Å². The van der Waals surface area contributed by atoms with Crippen LogP contribution < -0.4 is 5.32 Å². The Morgan fingerprint density at radius 1 is 1.18 bits per heavy atom. The third-order valence-corrected chi connectivity index (χ3v) is 7.02. The number of fused-ring (bicyclic) bond motifs is 3. The van der Waals surface area contributed by atoms with E-state index in [2.05, 4.69) is 56.5 Å². The molecule has 2 N–H and O–H groups in total. The molecule has 1 aromatic carbocycles. The van der Waals surface area contributed by atoms with E-state index in [1.165, 1.54) is 11.1 Å². The maximum atomic E-state index is 14.9. The van der Waals surface area contributed by atoms with Crippen LogP contribution in [0.1, 0.15) is 50.1 Å². The normalized spacial score (nSPS) is 22.0. The van der Waals surface area contributed by atoms with Gasteiger partial charge >= 0.3 is 0 Å². The quantitative estimate of drug-likeness (QED) is 0.510.